The molecule has 0 spiro atoms. The van der Waals surface area contributed by atoms with Gasteiger partial charge in [-0.2, -0.15) is 0 Å². The zero-order chi connectivity index (χ0) is 9.99. The third kappa shape index (κ3) is 3.45. The van der Waals surface area contributed by atoms with Crippen LogP contribution >= 0.6 is 0 Å². The average Bonchev–Trinajstić information content (AvgIpc) is 1.81. The highest BCUT2D eigenvalue weighted by Gasteiger charge is 2.34. The fourth-order valence-corrected chi connectivity index (χ4v) is 0.549. The van der Waals surface area contributed by atoms with E-state index in [0.717, 1.165) is 0 Å². The monoisotopic (exact) mass is 181 g/mol. The summed E-state index contributed by atoms with van der Waals surface area (Å²) in [7, 11) is 0. The van der Waals surface area contributed by atoms with Crippen LogP contribution < -0.4 is 5.32 Å². The summed E-state index contributed by atoms with van der Waals surface area (Å²) >= 11 is 0. The van der Waals surface area contributed by atoms with Crippen LogP contribution in [0.5, 0.6) is 0 Å². The van der Waals surface area contributed by atoms with Crippen molar-refractivity contribution in [2.75, 3.05) is 6.54 Å². The average molecular weight is 181 g/mol. The van der Waals surface area contributed by atoms with Crippen molar-refractivity contribution in [3.05, 3.63) is 0 Å². The highest BCUT2D eigenvalue weighted by molar-refractivity contribution is 4.93. The van der Waals surface area contributed by atoms with Crippen molar-refractivity contribution in [3.63, 3.8) is 0 Å². The van der Waals surface area contributed by atoms with E-state index in [4.69, 9.17) is 0 Å². The molecule has 0 unspecified atom stereocenters. The van der Waals surface area contributed by atoms with Crippen LogP contribution in [-0.4, -0.2) is 29.2 Å². The molecule has 0 aromatic rings. The molecule has 0 saturated carbocycles. The van der Waals surface area contributed by atoms with E-state index in [-0.39, 0.29) is 0 Å². The Morgan fingerprint density at radius 2 is 1.67 bits per heavy atom. The first kappa shape index (κ1) is 11.8. The SMILES string of the molecule is CC(C)(O)C(C)(C)NCC(F)F. The second-order valence-electron chi connectivity index (χ2n) is 3.96. The van der Waals surface area contributed by atoms with Gasteiger partial charge in [-0.15, -0.1) is 0 Å². The van der Waals surface area contributed by atoms with Crippen molar-refractivity contribution in [2.24, 2.45) is 0 Å². The van der Waals surface area contributed by atoms with E-state index < -0.39 is 24.1 Å². The number of hydrogen-bond donors (Lipinski definition) is 2. The second-order valence-corrected chi connectivity index (χ2v) is 3.96. The largest absolute Gasteiger partial charge is 0.389 e. The molecule has 0 saturated heterocycles. The summed E-state index contributed by atoms with van der Waals surface area (Å²) in [5.41, 5.74) is -1.72. The smallest absolute Gasteiger partial charge is 0.250 e. The number of alkyl halides is 2. The van der Waals surface area contributed by atoms with Crippen LogP contribution in [0, 0.1) is 0 Å². The molecule has 0 atom stereocenters. The fourth-order valence-electron chi connectivity index (χ4n) is 0.549. The van der Waals surface area contributed by atoms with Gasteiger partial charge in [-0.25, -0.2) is 8.78 Å². The van der Waals surface area contributed by atoms with Crippen molar-refractivity contribution in [3.8, 4) is 0 Å². The maximum absolute atomic E-state index is 11.8. The molecule has 2 nitrogen and oxygen atoms in total. The highest BCUT2D eigenvalue weighted by atomic mass is 19.3. The minimum Gasteiger partial charge on any atom is -0.389 e. The van der Waals surface area contributed by atoms with Crippen molar-refractivity contribution < 1.29 is 13.9 Å². The van der Waals surface area contributed by atoms with Gasteiger partial charge in [0.05, 0.1) is 12.1 Å². The predicted octanol–water partition coefficient (Wildman–Crippen LogP) is 1.39. The lowest BCUT2D eigenvalue weighted by molar-refractivity contribution is -0.0117. The maximum Gasteiger partial charge on any atom is 0.250 e. The van der Waals surface area contributed by atoms with E-state index in [0.29, 0.717) is 0 Å². The van der Waals surface area contributed by atoms with E-state index in [2.05, 4.69) is 5.32 Å². The molecule has 0 amide bonds. The lowest BCUT2D eigenvalue weighted by Gasteiger charge is -2.38. The molecule has 4 heteroatoms. The molecular weight excluding hydrogens is 164 g/mol. The Bertz CT molecular complexity index is 140. The fraction of sp³-hybridized carbons (Fsp3) is 1.00. The molecule has 0 heterocycles. The molecule has 0 aromatic carbocycles. The summed E-state index contributed by atoms with van der Waals surface area (Å²) in [4.78, 5) is 0. The van der Waals surface area contributed by atoms with Crippen LogP contribution in [0.1, 0.15) is 27.7 Å². The van der Waals surface area contributed by atoms with E-state index in [9.17, 15) is 13.9 Å². The second kappa shape index (κ2) is 3.66. The van der Waals surface area contributed by atoms with Gasteiger partial charge in [0.15, 0.2) is 0 Å². The molecule has 0 aliphatic carbocycles. The quantitative estimate of drug-likeness (QED) is 0.687. The van der Waals surface area contributed by atoms with E-state index in [1.165, 1.54) is 0 Å². The van der Waals surface area contributed by atoms with Gasteiger partial charge in [0.1, 0.15) is 0 Å². The topological polar surface area (TPSA) is 32.3 Å². The number of hydrogen-bond acceptors (Lipinski definition) is 2. The van der Waals surface area contributed by atoms with E-state index >= 15 is 0 Å². The molecule has 12 heavy (non-hydrogen) atoms. The molecule has 0 radical (unpaired) electrons. The van der Waals surface area contributed by atoms with Gasteiger partial charge >= 0.3 is 0 Å². The zero-order valence-corrected chi connectivity index (χ0v) is 7.99. The third-order valence-corrected chi connectivity index (χ3v) is 2.23. The summed E-state index contributed by atoms with van der Waals surface area (Å²) in [5.74, 6) is 0. The van der Waals surface area contributed by atoms with Gasteiger partial charge < -0.3 is 10.4 Å². The number of nitrogens with one attached hydrogen (secondary N) is 1. The van der Waals surface area contributed by atoms with Gasteiger partial charge in [0.25, 0.3) is 6.43 Å². The Balaban J connectivity index is 4.05. The van der Waals surface area contributed by atoms with Crippen LogP contribution in [0.2, 0.25) is 0 Å². The first-order valence-electron chi connectivity index (χ1n) is 3.92. The Morgan fingerprint density at radius 3 is 1.92 bits per heavy atom. The first-order chi connectivity index (χ1) is 5.17. The van der Waals surface area contributed by atoms with Crippen LogP contribution in [0.25, 0.3) is 0 Å². The van der Waals surface area contributed by atoms with Crippen LogP contribution in [0.4, 0.5) is 8.78 Å². The summed E-state index contributed by atoms with van der Waals surface area (Å²) in [6, 6.07) is 0. The minimum absolute atomic E-state index is 0.392. The molecule has 0 rings (SSSR count). The van der Waals surface area contributed by atoms with Gasteiger partial charge in [0.2, 0.25) is 0 Å². The molecule has 0 bridgehead atoms. The summed E-state index contributed by atoms with van der Waals surface area (Å²) < 4.78 is 23.6. The maximum atomic E-state index is 11.8. The normalized spacial score (nSPS) is 14.0. The first-order valence-corrected chi connectivity index (χ1v) is 3.92. The molecule has 0 aliphatic rings. The van der Waals surface area contributed by atoms with Crippen LogP contribution in [-0.2, 0) is 0 Å². The number of halogens is 2. The Labute approximate surface area is 72.0 Å². The van der Waals surface area contributed by atoms with Crippen molar-refractivity contribution in [1.29, 1.82) is 0 Å². The number of aliphatic hydroxyl groups is 1. The molecule has 0 fully saturated rings. The summed E-state index contributed by atoms with van der Waals surface area (Å²) in [6.07, 6.45) is -2.38. The molecule has 74 valence electrons. The van der Waals surface area contributed by atoms with Crippen molar-refractivity contribution >= 4 is 0 Å². The third-order valence-electron chi connectivity index (χ3n) is 2.23. The van der Waals surface area contributed by atoms with Gasteiger partial charge in [-0.05, 0) is 27.7 Å². The van der Waals surface area contributed by atoms with Gasteiger partial charge in [-0.1, -0.05) is 0 Å². The Hall–Kier alpha value is -0.220. The van der Waals surface area contributed by atoms with Crippen molar-refractivity contribution in [2.45, 2.75) is 45.3 Å². The zero-order valence-electron chi connectivity index (χ0n) is 7.99. The minimum atomic E-state index is -2.38. The molecule has 2 N–H and O–H groups in total. The molecular formula is C8H17F2NO. The van der Waals surface area contributed by atoms with Crippen LogP contribution in [0.3, 0.4) is 0 Å². The number of rotatable bonds is 4. The Kier molecular flexibility index (Phi) is 3.59. The standard InChI is InChI=1S/C8H17F2NO/c1-7(2,8(3,4)12)11-5-6(9)10/h6,11-12H,5H2,1-4H3. The molecule has 0 aromatic heterocycles. The van der Waals surface area contributed by atoms with Crippen molar-refractivity contribution in [1.82, 2.24) is 5.32 Å². The molecule has 0 aliphatic heterocycles. The van der Waals surface area contributed by atoms with Gasteiger partial charge in [-0.3, -0.25) is 0 Å². The van der Waals surface area contributed by atoms with Crippen LogP contribution in [0.15, 0.2) is 0 Å². The summed E-state index contributed by atoms with van der Waals surface area (Å²) in [6.45, 7) is 6.17. The predicted molar refractivity (Wildman–Crippen MR) is 44.4 cm³/mol. The lowest BCUT2D eigenvalue weighted by atomic mass is 9.86. The van der Waals surface area contributed by atoms with Gasteiger partial charge in [0, 0.05) is 5.54 Å². The lowest BCUT2D eigenvalue weighted by Crippen LogP contribution is -2.56. The Morgan fingerprint density at radius 1 is 1.25 bits per heavy atom. The van der Waals surface area contributed by atoms with E-state index in [1.807, 2.05) is 0 Å². The summed E-state index contributed by atoms with van der Waals surface area (Å²) in [5, 5.41) is 12.1. The van der Waals surface area contributed by atoms with E-state index in [1.54, 1.807) is 27.7 Å². The highest BCUT2D eigenvalue weighted by Crippen LogP contribution is 2.20.